The fourth-order valence-electron chi connectivity index (χ4n) is 1.84. The van der Waals surface area contributed by atoms with Crippen LogP contribution in [0.15, 0.2) is 18.5 Å². The largest absolute Gasteiger partial charge is 0.379 e. The van der Waals surface area contributed by atoms with Crippen molar-refractivity contribution in [2.75, 3.05) is 13.2 Å². The monoisotopic (exact) mass is 206 g/mol. The Morgan fingerprint density at radius 2 is 2.40 bits per heavy atom. The number of hydrogen-bond acceptors (Lipinski definition) is 3. The number of pyridine rings is 1. The lowest BCUT2D eigenvalue weighted by atomic mass is 10.0. The molecule has 0 saturated carbocycles. The Morgan fingerprint density at radius 3 is 3.07 bits per heavy atom. The molecule has 1 unspecified atom stereocenters. The van der Waals surface area contributed by atoms with Crippen molar-refractivity contribution in [1.82, 2.24) is 10.3 Å². The molecular weight excluding hydrogens is 188 g/mol. The smallest absolute Gasteiger partial charge is 0.0646 e. The highest BCUT2D eigenvalue weighted by Gasteiger charge is 2.28. The zero-order valence-electron chi connectivity index (χ0n) is 9.42. The van der Waals surface area contributed by atoms with Crippen LogP contribution >= 0.6 is 0 Å². The van der Waals surface area contributed by atoms with Crippen LogP contribution < -0.4 is 5.32 Å². The maximum Gasteiger partial charge on any atom is 0.0646 e. The van der Waals surface area contributed by atoms with Crippen molar-refractivity contribution < 1.29 is 4.74 Å². The third-order valence-corrected chi connectivity index (χ3v) is 2.87. The Morgan fingerprint density at radius 1 is 1.53 bits per heavy atom. The van der Waals surface area contributed by atoms with Crippen LogP contribution in [0.1, 0.15) is 24.5 Å². The molecule has 1 aliphatic rings. The molecule has 3 nitrogen and oxygen atoms in total. The Balaban J connectivity index is 1.92. The van der Waals surface area contributed by atoms with Gasteiger partial charge in [-0.25, -0.2) is 0 Å². The summed E-state index contributed by atoms with van der Waals surface area (Å²) in [6, 6.07) is 2.17. The van der Waals surface area contributed by atoms with Crippen LogP contribution in [0, 0.1) is 6.92 Å². The van der Waals surface area contributed by atoms with Crippen molar-refractivity contribution >= 4 is 0 Å². The molecule has 0 amide bonds. The van der Waals surface area contributed by atoms with E-state index >= 15 is 0 Å². The highest BCUT2D eigenvalue weighted by Crippen LogP contribution is 2.18. The van der Waals surface area contributed by atoms with E-state index in [1.54, 1.807) is 0 Å². The number of nitrogens with one attached hydrogen (secondary N) is 1. The van der Waals surface area contributed by atoms with Gasteiger partial charge in [-0.05, 0) is 31.4 Å². The first kappa shape index (κ1) is 10.6. The number of aromatic nitrogens is 1. The van der Waals surface area contributed by atoms with Crippen LogP contribution in [-0.2, 0) is 11.3 Å². The second-order valence-electron chi connectivity index (χ2n) is 4.59. The molecule has 3 heteroatoms. The zero-order valence-corrected chi connectivity index (χ0v) is 9.42. The zero-order chi connectivity index (χ0) is 10.7. The number of rotatable bonds is 3. The number of ether oxygens (including phenoxy) is 1. The lowest BCUT2D eigenvalue weighted by Crippen LogP contribution is -2.42. The van der Waals surface area contributed by atoms with Crippen LogP contribution in [0.3, 0.4) is 0 Å². The van der Waals surface area contributed by atoms with E-state index in [1.807, 2.05) is 12.4 Å². The predicted octanol–water partition coefficient (Wildman–Crippen LogP) is 1.66. The number of nitrogens with zero attached hydrogens (tertiary/aromatic N) is 1. The normalized spacial score (nSPS) is 25.7. The van der Waals surface area contributed by atoms with Crippen molar-refractivity contribution in [2.45, 2.75) is 32.4 Å². The van der Waals surface area contributed by atoms with Gasteiger partial charge in [0.15, 0.2) is 0 Å². The fraction of sp³-hybridized carbons (Fsp3) is 0.583. The molecule has 1 atom stereocenters. The van der Waals surface area contributed by atoms with Gasteiger partial charge in [0.1, 0.15) is 0 Å². The van der Waals surface area contributed by atoms with E-state index in [-0.39, 0.29) is 5.54 Å². The van der Waals surface area contributed by atoms with Crippen LogP contribution in [-0.4, -0.2) is 23.7 Å². The molecule has 0 bridgehead atoms. The van der Waals surface area contributed by atoms with Gasteiger partial charge in [-0.15, -0.1) is 0 Å². The van der Waals surface area contributed by atoms with Gasteiger partial charge in [-0.1, -0.05) is 6.07 Å². The third-order valence-electron chi connectivity index (χ3n) is 2.87. The molecular formula is C12H18N2O. The Bertz CT molecular complexity index is 332. The van der Waals surface area contributed by atoms with Gasteiger partial charge in [0.25, 0.3) is 0 Å². The Kier molecular flexibility index (Phi) is 3.03. The van der Waals surface area contributed by atoms with E-state index in [4.69, 9.17) is 4.74 Å². The molecule has 82 valence electrons. The van der Waals surface area contributed by atoms with Gasteiger partial charge in [-0.2, -0.15) is 0 Å². The van der Waals surface area contributed by atoms with E-state index in [1.165, 1.54) is 11.1 Å². The molecule has 0 spiro atoms. The van der Waals surface area contributed by atoms with Crippen molar-refractivity contribution in [3.8, 4) is 0 Å². The average molecular weight is 206 g/mol. The van der Waals surface area contributed by atoms with Gasteiger partial charge >= 0.3 is 0 Å². The Labute approximate surface area is 90.9 Å². The highest BCUT2D eigenvalue weighted by atomic mass is 16.5. The molecule has 15 heavy (non-hydrogen) atoms. The van der Waals surface area contributed by atoms with Crippen molar-refractivity contribution in [3.63, 3.8) is 0 Å². The maximum atomic E-state index is 5.39. The second-order valence-corrected chi connectivity index (χ2v) is 4.59. The molecule has 0 aliphatic carbocycles. The fourth-order valence-corrected chi connectivity index (χ4v) is 1.84. The molecule has 1 N–H and O–H groups in total. The van der Waals surface area contributed by atoms with Gasteiger partial charge in [0, 0.05) is 31.1 Å². The topological polar surface area (TPSA) is 34.2 Å². The van der Waals surface area contributed by atoms with E-state index in [2.05, 4.69) is 30.2 Å². The summed E-state index contributed by atoms with van der Waals surface area (Å²) in [5.41, 5.74) is 2.59. The standard InChI is InChI=1S/C12H18N2O/c1-10-5-11(7-13-6-10)8-14-12(2)3-4-15-9-12/h5-7,14H,3-4,8-9H2,1-2H3. The quantitative estimate of drug-likeness (QED) is 0.816. The summed E-state index contributed by atoms with van der Waals surface area (Å²) >= 11 is 0. The lowest BCUT2D eigenvalue weighted by molar-refractivity contribution is 0.171. The minimum atomic E-state index is 0.143. The van der Waals surface area contributed by atoms with Crippen LogP contribution in [0.2, 0.25) is 0 Å². The van der Waals surface area contributed by atoms with E-state index in [0.29, 0.717) is 0 Å². The minimum absolute atomic E-state index is 0.143. The highest BCUT2D eigenvalue weighted by molar-refractivity contribution is 5.16. The molecule has 1 aromatic heterocycles. The number of hydrogen-bond donors (Lipinski definition) is 1. The molecule has 2 rings (SSSR count). The maximum absolute atomic E-state index is 5.39. The average Bonchev–Trinajstić information content (AvgIpc) is 2.63. The molecule has 0 aromatic carbocycles. The van der Waals surface area contributed by atoms with Crippen molar-refractivity contribution in [3.05, 3.63) is 29.6 Å². The minimum Gasteiger partial charge on any atom is -0.379 e. The SMILES string of the molecule is Cc1cncc(CNC2(C)CCOC2)c1. The van der Waals surface area contributed by atoms with Gasteiger partial charge in [-0.3, -0.25) is 4.98 Å². The Hall–Kier alpha value is -0.930. The first-order valence-electron chi connectivity index (χ1n) is 5.41. The van der Waals surface area contributed by atoms with Crippen molar-refractivity contribution in [1.29, 1.82) is 0 Å². The van der Waals surface area contributed by atoms with E-state index in [0.717, 1.165) is 26.2 Å². The van der Waals surface area contributed by atoms with Crippen LogP contribution in [0.4, 0.5) is 0 Å². The third kappa shape index (κ3) is 2.76. The first-order chi connectivity index (χ1) is 7.18. The van der Waals surface area contributed by atoms with Gasteiger partial charge in [0.05, 0.1) is 6.61 Å². The molecule has 1 aromatic rings. The molecule has 1 fully saturated rings. The predicted molar refractivity (Wildman–Crippen MR) is 59.7 cm³/mol. The summed E-state index contributed by atoms with van der Waals surface area (Å²) < 4.78 is 5.39. The van der Waals surface area contributed by atoms with Crippen LogP contribution in [0.25, 0.3) is 0 Å². The summed E-state index contributed by atoms with van der Waals surface area (Å²) in [6.07, 6.45) is 4.88. The van der Waals surface area contributed by atoms with Crippen LogP contribution in [0.5, 0.6) is 0 Å². The summed E-state index contributed by atoms with van der Waals surface area (Å²) in [5.74, 6) is 0. The van der Waals surface area contributed by atoms with Gasteiger partial charge in [0.2, 0.25) is 0 Å². The summed E-state index contributed by atoms with van der Waals surface area (Å²) in [7, 11) is 0. The summed E-state index contributed by atoms with van der Waals surface area (Å²) in [6.45, 7) is 6.83. The van der Waals surface area contributed by atoms with E-state index < -0.39 is 0 Å². The van der Waals surface area contributed by atoms with Gasteiger partial charge < -0.3 is 10.1 Å². The first-order valence-corrected chi connectivity index (χ1v) is 5.41. The summed E-state index contributed by atoms with van der Waals surface area (Å²) in [4.78, 5) is 4.18. The number of aryl methyl sites for hydroxylation is 1. The molecule has 1 aliphatic heterocycles. The lowest BCUT2D eigenvalue weighted by Gasteiger charge is -2.23. The molecule has 1 saturated heterocycles. The van der Waals surface area contributed by atoms with E-state index in [9.17, 15) is 0 Å². The molecule has 0 radical (unpaired) electrons. The summed E-state index contributed by atoms with van der Waals surface area (Å²) in [5, 5.41) is 3.54. The van der Waals surface area contributed by atoms with Crippen molar-refractivity contribution in [2.24, 2.45) is 0 Å². The molecule has 2 heterocycles. The second kappa shape index (κ2) is 4.29.